The van der Waals surface area contributed by atoms with Crippen molar-refractivity contribution in [3.63, 3.8) is 0 Å². The van der Waals surface area contributed by atoms with Crippen molar-refractivity contribution in [3.8, 4) is 0 Å². The van der Waals surface area contributed by atoms with E-state index < -0.39 is 0 Å². The van der Waals surface area contributed by atoms with Gasteiger partial charge in [0.05, 0.1) is 5.38 Å². The molecule has 2 aliphatic rings. The number of ketones is 1. The molecule has 12 heavy (non-hydrogen) atoms. The second-order valence-corrected chi connectivity index (χ2v) is 4.63. The summed E-state index contributed by atoms with van der Waals surface area (Å²) in [6, 6.07) is 0. The number of carbonyl (C=O) groups excluding carboxylic acids is 1. The highest BCUT2D eigenvalue weighted by Crippen LogP contribution is 2.39. The molecule has 0 aliphatic heterocycles. The predicted molar refractivity (Wildman–Crippen MR) is 49.3 cm³/mol. The molecule has 1 nitrogen and oxygen atoms in total. The number of Topliss-reactive ketones (excluding diaryl/α,β-unsaturated/α-hetero) is 1. The third-order valence-corrected chi connectivity index (χ3v) is 3.81. The van der Waals surface area contributed by atoms with Gasteiger partial charge in [0.2, 0.25) is 0 Å². The Hall–Kier alpha value is -0.0400. The predicted octanol–water partition coefficient (Wildman–Crippen LogP) is 2.76. The van der Waals surface area contributed by atoms with Gasteiger partial charge in [-0.2, -0.15) is 0 Å². The van der Waals surface area contributed by atoms with Crippen molar-refractivity contribution in [1.29, 1.82) is 0 Å². The highest BCUT2D eigenvalue weighted by molar-refractivity contribution is 6.31. The Labute approximate surface area is 78.5 Å². The smallest absolute Gasteiger partial charge is 0.154 e. The molecule has 0 aromatic carbocycles. The number of rotatable bonds is 0. The van der Waals surface area contributed by atoms with Crippen molar-refractivity contribution in [1.82, 2.24) is 0 Å². The Bertz CT molecular complexity index is 190. The average molecular weight is 187 g/mol. The molecule has 0 saturated heterocycles. The van der Waals surface area contributed by atoms with Gasteiger partial charge in [-0.1, -0.05) is 12.8 Å². The summed E-state index contributed by atoms with van der Waals surface area (Å²) in [5.74, 6) is 1.35. The van der Waals surface area contributed by atoms with Crippen LogP contribution in [0.2, 0.25) is 0 Å². The van der Waals surface area contributed by atoms with Gasteiger partial charge in [0.1, 0.15) is 0 Å². The van der Waals surface area contributed by atoms with Crippen LogP contribution in [0.4, 0.5) is 0 Å². The molecule has 0 radical (unpaired) electrons. The van der Waals surface area contributed by atoms with Crippen LogP contribution in [-0.2, 0) is 4.79 Å². The highest BCUT2D eigenvalue weighted by atomic mass is 35.5. The van der Waals surface area contributed by atoms with Gasteiger partial charge in [0.15, 0.2) is 5.78 Å². The number of hydrogen-bond donors (Lipinski definition) is 0. The summed E-state index contributed by atoms with van der Waals surface area (Å²) in [5, 5.41) is -0.163. The fourth-order valence-corrected chi connectivity index (χ4v) is 2.95. The summed E-state index contributed by atoms with van der Waals surface area (Å²) in [5.41, 5.74) is 0. The van der Waals surface area contributed by atoms with Crippen LogP contribution in [-0.4, -0.2) is 11.2 Å². The zero-order valence-electron chi connectivity index (χ0n) is 7.26. The summed E-state index contributed by atoms with van der Waals surface area (Å²) in [7, 11) is 0. The van der Waals surface area contributed by atoms with Gasteiger partial charge >= 0.3 is 0 Å². The van der Waals surface area contributed by atoms with Crippen LogP contribution in [0.15, 0.2) is 0 Å². The van der Waals surface area contributed by atoms with Crippen molar-refractivity contribution in [2.45, 2.75) is 43.9 Å². The second kappa shape index (κ2) is 3.37. The summed E-state index contributed by atoms with van der Waals surface area (Å²) >= 11 is 5.94. The van der Waals surface area contributed by atoms with Crippen LogP contribution in [0.3, 0.4) is 0 Å². The first kappa shape index (κ1) is 8.55. The third-order valence-electron chi connectivity index (χ3n) is 3.37. The molecule has 0 heterocycles. The molecule has 0 spiro atoms. The van der Waals surface area contributed by atoms with E-state index in [1.165, 1.54) is 25.7 Å². The van der Waals surface area contributed by atoms with E-state index in [1.807, 2.05) is 0 Å². The number of hydrogen-bond acceptors (Lipinski definition) is 1. The topological polar surface area (TPSA) is 17.1 Å². The first-order chi connectivity index (χ1) is 5.79. The zero-order chi connectivity index (χ0) is 8.55. The summed E-state index contributed by atoms with van der Waals surface area (Å²) in [4.78, 5) is 11.6. The zero-order valence-corrected chi connectivity index (χ0v) is 8.02. The molecule has 3 unspecified atom stereocenters. The molecule has 68 valence electrons. The van der Waals surface area contributed by atoms with E-state index in [-0.39, 0.29) is 5.38 Å². The molecule has 0 amide bonds. The highest BCUT2D eigenvalue weighted by Gasteiger charge is 2.37. The minimum Gasteiger partial charge on any atom is -0.298 e. The van der Waals surface area contributed by atoms with E-state index in [0.29, 0.717) is 17.6 Å². The van der Waals surface area contributed by atoms with Crippen LogP contribution in [0, 0.1) is 11.8 Å². The molecular weight excluding hydrogens is 172 g/mol. The van der Waals surface area contributed by atoms with Crippen LogP contribution < -0.4 is 0 Å². The monoisotopic (exact) mass is 186 g/mol. The van der Waals surface area contributed by atoms with Crippen LogP contribution in [0.1, 0.15) is 38.5 Å². The quantitative estimate of drug-likeness (QED) is 0.532. The van der Waals surface area contributed by atoms with E-state index in [9.17, 15) is 4.79 Å². The second-order valence-electron chi connectivity index (χ2n) is 4.10. The van der Waals surface area contributed by atoms with Gasteiger partial charge < -0.3 is 0 Å². The Kier molecular flexibility index (Phi) is 2.40. The average Bonchev–Trinajstić information content (AvgIpc) is 2.12. The van der Waals surface area contributed by atoms with Crippen molar-refractivity contribution in [3.05, 3.63) is 0 Å². The molecular formula is C10H15ClO. The number of carbonyl (C=O) groups is 1. The normalized spacial score (nSPS) is 42.4. The molecule has 0 bridgehead atoms. The van der Waals surface area contributed by atoms with Crippen molar-refractivity contribution >= 4 is 17.4 Å². The Balaban J connectivity index is 2.08. The van der Waals surface area contributed by atoms with E-state index in [2.05, 4.69) is 0 Å². The van der Waals surface area contributed by atoms with Crippen molar-refractivity contribution in [2.24, 2.45) is 11.8 Å². The van der Waals surface area contributed by atoms with E-state index in [0.717, 1.165) is 12.8 Å². The molecule has 3 atom stereocenters. The molecule has 2 saturated carbocycles. The van der Waals surface area contributed by atoms with Gasteiger partial charge in [-0.05, 0) is 31.6 Å². The maximum Gasteiger partial charge on any atom is 0.154 e. The van der Waals surface area contributed by atoms with Crippen LogP contribution >= 0.6 is 11.6 Å². The standard InChI is InChI=1S/C10H15ClO/c11-9-6-5-7-3-1-2-4-8(7)10(9)12/h7-9H,1-6H2. The first-order valence-electron chi connectivity index (χ1n) is 4.97. The van der Waals surface area contributed by atoms with E-state index >= 15 is 0 Å². The SMILES string of the molecule is O=C1C(Cl)CCC2CCCCC12. The van der Waals surface area contributed by atoms with Crippen LogP contribution in [0.5, 0.6) is 0 Å². The maximum atomic E-state index is 11.6. The molecule has 0 aromatic rings. The Morgan fingerprint density at radius 2 is 1.83 bits per heavy atom. The molecule has 0 N–H and O–H groups in total. The van der Waals surface area contributed by atoms with E-state index in [4.69, 9.17) is 11.6 Å². The van der Waals surface area contributed by atoms with Crippen molar-refractivity contribution in [2.75, 3.05) is 0 Å². The van der Waals surface area contributed by atoms with Crippen LogP contribution in [0.25, 0.3) is 0 Å². The number of alkyl halides is 1. The lowest BCUT2D eigenvalue weighted by Crippen LogP contribution is -2.37. The summed E-state index contributed by atoms with van der Waals surface area (Å²) in [6.45, 7) is 0. The van der Waals surface area contributed by atoms with Gasteiger partial charge in [0, 0.05) is 5.92 Å². The van der Waals surface area contributed by atoms with Gasteiger partial charge in [-0.15, -0.1) is 11.6 Å². The summed E-state index contributed by atoms with van der Waals surface area (Å²) < 4.78 is 0. The van der Waals surface area contributed by atoms with E-state index in [1.54, 1.807) is 0 Å². The fourth-order valence-electron chi connectivity index (χ4n) is 2.66. The molecule has 2 rings (SSSR count). The Morgan fingerprint density at radius 3 is 2.67 bits per heavy atom. The van der Waals surface area contributed by atoms with Gasteiger partial charge in [0.25, 0.3) is 0 Å². The largest absolute Gasteiger partial charge is 0.298 e. The lowest BCUT2D eigenvalue weighted by atomic mass is 9.70. The first-order valence-corrected chi connectivity index (χ1v) is 5.40. The molecule has 2 fully saturated rings. The van der Waals surface area contributed by atoms with Crippen molar-refractivity contribution < 1.29 is 4.79 Å². The lowest BCUT2D eigenvalue weighted by molar-refractivity contribution is -0.127. The van der Waals surface area contributed by atoms with Gasteiger partial charge in [-0.25, -0.2) is 0 Å². The molecule has 0 aromatic heterocycles. The molecule has 2 aliphatic carbocycles. The lowest BCUT2D eigenvalue weighted by Gasteiger charge is -2.36. The summed E-state index contributed by atoms with van der Waals surface area (Å²) in [6.07, 6.45) is 7.02. The maximum absolute atomic E-state index is 11.6. The Morgan fingerprint density at radius 1 is 1.08 bits per heavy atom. The number of halogens is 1. The minimum absolute atomic E-state index is 0.163. The third kappa shape index (κ3) is 1.39. The minimum atomic E-state index is -0.163. The number of fused-ring (bicyclic) bond motifs is 1. The molecule has 2 heteroatoms. The van der Waals surface area contributed by atoms with Gasteiger partial charge in [-0.3, -0.25) is 4.79 Å². The fraction of sp³-hybridized carbons (Fsp3) is 0.900.